The minimum absolute atomic E-state index is 0.0930. The summed E-state index contributed by atoms with van der Waals surface area (Å²) in [6.07, 6.45) is 1.25. The van der Waals surface area contributed by atoms with E-state index in [4.69, 9.17) is 0 Å². The Hall–Kier alpha value is -3.51. The summed E-state index contributed by atoms with van der Waals surface area (Å²) in [4.78, 5) is 36.5. The summed E-state index contributed by atoms with van der Waals surface area (Å²) < 4.78 is 0. The molecule has 0 atom stereocenters. The molecule has 8 nitrogen and oxygen atoms in total. The molecule has 9 heteroatoms. The molecule has 1 heterocycles. The van der Waals surface area contributed by atoms with Crippen LogP contribution < -0.4 is 10.6 Å². The number of phenols is 1. The number of nitrogens with one attached hydrogen (secondary N) is 2. The van der Waals surface area contributed by atoms with Crippen molar-refractivity contribution >= 4 is 45.3 Å². The molecule has 3 amide bonds. The van der Waals surface area contributed by atoms with Crippen molar-refractivity contribution in [3.05, 3.63) is 48.2 Å². The highest BCUT2D eigenvalue weighted by molar-refractivity contribution is 8.14. The number of rotatable bonds is 6. The number of carbonyl (C=O) groups excluding carboxylic acids is 3. The summed E-state index contributed by atoms with van der Waals surface area (Å²) in [7, 11) is 0. The third-order valence-electron chi connectivity index (χ3n) is 4.08. The number of imide groups is 1. The van der Waals surface area contributed by atoms with Crippen molar-refractivity contribution in [1.29, 1.82) is 5.26 Å². The summed E-state index contributed by atoms with van der Waals surface area (Å²) in [5.74, 6) is -0.635. The van der Waals surface area contributed by atoms with Gasteiger partial charge in [-0.15, -0.1) is 0 Å². The van der Waals surface area contributed by atoms with Gasteiger partial charge in [0.15, 0.2) is 0 Å². The number of thioether (sulfide) groups is 1. The van der Waals surface area contributed by atoms with Crippen LogP contribution in [0.1, 0.15) is 0 Å². The van der Waals surface area contributed by atoms with Crippen molar-refractivity contribution in [1.82, 2.24) is 10.2 Å². The van der Waals surface area contributed by atoms with Crippen LogP contribution in [-0.4, -0.2) is 45.9 Å². The number of hydrogen-bond acceptors (Lipinski definition) is 7. The predicted molar refractivity (Wildman–Crippen MR) is 106 cm³/mol. The highest BCUT2D eigenvalue weighted by Gasteiger charge is 2.29. The smallest absolute Gasteiger partial charge is 0.288 e. The molecule has 0 spiro atoms. The molecule has 0 unspecified atom stereocenters. The van der Waals surface area contributed by atoms with Gasteiger partial charge < -0.3 is 15.7 Å². The molecule has 1 fully saturated rings. The SMILES string of the molecule is N#C/C(=C/NCCN1C(=O)CSC1=O)C(=O)Nc1cccc2c(O)cccc12. The van der Waals surface area contributed by atoms with Crippen LogP contribution in [0, 0.1) is 11.3 Å². The quantitative estimate of drug-likeness (QED) is 0.388. The van der Waals surface area contributed by atoms with Crippen LogP contribution in [0.4, 0.5) is 10.5 Å². The molecule has 2 aromatic rings. The Bertz CT molecular complexity index is 1010. The lowest BCUT2D eigenvalue weighted by molar-refractivity contribution is -0.124. The lowest BCUT2D eigenvalue weighted by Crippen LogP contribution is -2.34. The highest BCUT2D eigenvalue weighted by atomic mass is 32.2. The molecule has 3 N–H and O–H groups in total. The van der Waals surface area contributed by atoms with Crippen LogP contribution in [0.2, 0.25) is 0 Å². The highest BCUT2D eigenvalue weighted by Crippen LogP contribution is 2.29. The lowest BCUT2D eigenvalue weighted by Gasteiger charge is -2.12. The lowest BCUT2D eigenvalue weighted by atomic mass is 10.1. The van der Waals surface area contributed by atoms with Crippen molar-refractivity contribution in [2.45, 2.75) is 0 Å². The van der Waals surface area contributed by atoms with Crippen LogP contribution in [0.5, 0.6) is 5.75 Å². The zero-order valence-electron chi connectivity index (χ0n) is 14.6. The normalized spacial score (nSPS) is 14.2. The monoisotopic (exact) mass is 396 g/mol. The van der Waals surface area contributed by atoms with E-state index in [2.05, 4.69) is 10.6 Å². The largest absolute Gasteiger partial charge is 0.507 e. The van der Waals surface area contributed by atoms with E-state index in [1.807, 2.05) is 6.07 Å². The van der Waals surface area contributed by atoms with E-state index in [9.17, 15) is 24.8 Å². The molecule has 1 saturated heterocycles. The van der Waals surface area contributed by atoms with E-state index in [0.29, 0.717) is 16.5 Å². The molecule has 0 saturated carbocycles. The van der Waals surface area contributed by atoms with E-state index in [1.165, 1.54) is 6.20 Å². The van der Waals surface area contributed by atoms with Gasteiger partial charge in [0.25, 0.3) is 11.1 Å². The van der Waals surface area contributed by atoms with Crippen molar-refractivity contribution in [2.75, 3.05) is 24.2 Å². The molecule has 2 aromatic carbocycles. The van der Waals surface area contributed by atoms with E-state index in [1.54, 1.807) is 36.4 Å². The number of nitriles is 1. The van der Waals surface area contributed by atoms with E-state index in [-0.39, 0.29) is 41.3 Å². The second-order valence-corrected chi connectivity index (χ2v) is 6.78. The van der Waals surface area contributed by atoms with Crippen molar-refractivity contribution in [3.8, 4) is 11.8 Å². The van der Waals surface area contributed by atoms with E-state index >= 15 is 0 Å². The first-order valence-electron chi connectivity index (χ1n) is 8.34. The summed E-state index contributed by atoms with van der Waals surface area (Å²) in [5, 5.41) is 25.5. The fraction of sp³-hybridized carbons (Fsp3) is 0.158. The minimum Gasteiger partial charge on any atom is -0.507 e. The molecule has 142 valence electrons. The number of aromatic hydroxyl groups is 1. The van der Waals surface area contributed by atoms with Crippen LogP contribution in [-0.2, 0) is 9.59 Å². The molecule has 0 radical (unpaired) electrons. The summed E-state index contributed by atoms with van der Waals surface area (Å²) in [5.41, 5.74) is 0.301. The van der Waals surface area contributed by atoms with Gasteiger partial charge in [-0.3, -0.25) is 19.3 Å². The maximum Gasteiger partial charge on any atom is 0.288 e. The second-order valence-electron chi connectivity index (χ2n) is 5.86. The minimum atomic E-state index is -0.616. The Morgan fingerprint density at radius 3 is 2.71 bits per heavy atom. The van der Waals surface area contributed by atoms with Gasteiger partial charge in [0.05, 0.1) is 5.75 Å². The predicted octanol–water partition coefficient (Wildman–Crippen LogP) is 2.18. The third kappa shape index (κ3) is 4.07. The first-order chi connectivity index (χ1) is 13.5. The Balaban J connectivity index is 1.65. The van der Waals surface area contributed by atoms with Gasteiger partial charge in [0.1, 0.15) is 17.4 Å². The summed E-state index contributed by atoms with van der Waals surface area (Å²) >= 11 is 0.950. The van der Waals surface area contributed by atoms with Gasteiger partial charge in [-0.25, -0.2) is 0 Å². The molecule has 3 rings (SSSR count). The van der Waals surface area contributed by atoms with Crippen molar-refractivity contribution in [2.24, 2.45) is 0 Å². The van der Waals surface area contributed by atoms with Gasteiger partial charge in [-0.2, -0.15) is 5.26 Å². The summed E-state index contributed by atoms with van der Waals surface area (Å²) in [6, 6.07) is 11.9. The first-order valence-corrected chi connectivity index (χ1v) is 9.32. The Morgan fingerprint density at radius 1 is 1.25 bits per heavy atom. The molecular formula is C19H16N4O4S. The molecule has 0 aliphatic carbocycles. The zero-order chi connectivity index (χ0) is 20.1. The fourth-order valence-electron chi connectivity index (χ4n) is 2.69. The fourth-order valence-corrected chi connectivity index (χ4v) is 3.44. The Labute approximate surface area is 164 Å². The maximum atomic E-state index is 12.4. The van der Waals surface area contributed by atoms with Crippen LogP contribution in [0.15, 0.2) is 48.2 Å². The second kappa shape index (κ2) is 8.45. The number of nitrogens with zero attached hydrogens (tertiary/aromatic N) is 2. The number of hydrogen-bond donors (Lipinski definition) is 3. The van der Waals surface area contributed by atoms with Crippen molar-refractivity contribution in [3.63, 3.8) is 0 Å². The number of amides is 3. The van der Waals surface area contributed by atoms with E-state index < -0.39 is 5.91 Å². The van der Waals surface area contributed by atoms with Gasteiger partial charge in [-0.1, -0.05) is 36.0 Å². The number of phenolic OH excluding ortho intramolecular Hbond substituents is 1. The van der Waals surface area contributed by atoms with Crippen LogP contribution in [0.3, 0.4) is 0 Å². The Kier molecular flexibility index (Phi) is 5.81. The topological polar surface area (TPSA) is 123 Å². The molecule has 0 aromatic heterocycles. The van der Waals surface area contributed by atoms with Gasteiger partial charge in [0.2, 0.25) is 5.91 Å². The molecule has 1 aliphatic rings. The third-order valence-corrected chi connectivity index (χ3v) is 4.94. The standard InChI is InChI=1S/C19H16N4O4S/c20-9-12(10-21-7-8-23-17(25)11-28-19(23)27)18(26)22-15-5-1-4-14-13(15)3-2-6-16(14)24/h1-6,10,21,24H,7-8,11H2,(H,22,26)/b12-10-. The van der Waals surface area contributed by atoms with Crippen LogP contribution in [0.25, 0.3) is 10.8 Å². The van der Waals surface area contributed by atoms with Gasteiger partial charge >= 0.3 is 0 Å². The number of benzene rings is 2. The Morgan fingerprint density at radius 2 is 2.00 bits per heavy atom. The number of carbonyl (C=O) groups is 3. The molecule has 1 aliphatic heterocycles. The van der Waals surface area contributed by atoms with Crippen molar-refractivity contribution < 1.29 is 19.5 Å². The number of anilines is 1. The average molecular weight is 396 g/mol. The van der Waals surface area contributed by atoms with Crippen LogP contribution >= 0.6 is 11.8 Å². The first kappa shape index (κ1) is 19.3. The molecule has 0 bridgehead atoms. The molecule has 28 heavy (non-hydrogen) atoms. The maximum absolute atomic E-state index is 12.4. The average Bonchev–Trinajstić information content (AvgIpc) is 3.00. The number of fused-ring (bicyclic) bond motifs is 1. The van der Waals surface area contributed by atoms with Gasteiger partial charge in [0, 0.05) is 35.7 Å². The summed E-state index contributed by atoms with van der Waals surface area (Å²) in [6.45, 7) is 0.378. The zero-order valence-corrected chi connectivity index (χ0v) is 15.5. The van der Waals surface area contributed by atoms with E-state index in [0.717, 1.165) is 16.7 Å². The molecular weight excluding hydrogens is 380 g/mol. The van der Waals surface area contributed by atoms with Gasteiger partial charge in [-0.05, 0) is 12.1 Å².